The summed E-state index contributed by atoms with van der Waals surface area (Å²) >= 11 is 0. The van der Waals surface area contributed by atoms with Gasteiger partial charge < -0.3 is 19.9 Å². The molecule has 0 aliphatic rings. The number of nitrogens with zero attached hydrogens (tertiary/aromatic N) is 2. The van der Waals surface area contributed by atoms with Gasteiger partial charge in [0.2, 0.25) is 5.91 Å². The van der Waals surface area contributed by atoms with Gasteiger partial charge in [0.15, 0.2) is 0 Å². The molecule has 4 aromatic rings. The van der Waals surface area contributed by atoms with Crippen molar-refractivity contribution in [3.8, 4) is 5.75 Å². The first-order chi connectivity index (χ1) is 16.0. The highest BCUT2D eigenvalue weighted by molar-refractivity contribution is 5.95. The molecule has 0 saturated heterocycles. The molecule has 2 N–H and O–H groups in total. The average Bonchev–Trinajstić information content (AvgIpc) is 3.16. The van der Waals surface area contributed by atoms with E-state index in [1.165, 1.54) is 0 Å². The number of para-hydroxylation sites is 2. The molecule has 4 rings (SSSR count). The van der Waals surface area contributed by atoms with E-state index in [4.69, 9.17) is 9.72 Å². The van der Waals surface area contributed by atoms with Crippen LogP contribution in [-0.2, 0) is 17.8 Å². The molecule has 0 fully saturated rings. The second-order valence-corrected chi connectivity index (χ2v) is 7.70. The van der Waals surface area contributed by atoms with Crippen molar-refractivity contribution in [2.75, 3.05) is 19.0 Å². The Morgan fingerprint density at radius 1 is 1.00 bits per heavy atom. The topological polar surface area (TPSA) is 85.2 Å². The Morgan fingerprint density at radius 3 is 2.61 bits per heavy atom. The lowest BCUT2D eigenvalue weighted by atomic mass is 10.1. The fourth-order valence-corrected chi connectivity index (χ4v) is 3.75. The van der Waals surface area contributed by atoms with E-state index in [2.05, 4.69) is 10.6 Å². The Balaban J connectivity index is 1.48. The quantitative estimate of drug-likeness (QED) is 0.433. The fourth-order valence-electron chi connectivity index (χ4n) is 3.75. The number of anilines is 1. The molecule has 168 valence electrons. The van der Waals surface area contributed by atoms with Crippen molar-refractivity contribution >= 4 is 28.5 Å². The monoisotopic (exact) mass is 442 g/mol. The molecule has 0 saturated carbocycles. The molecule has 0 radical (unpaired) electrons. The zero-order valence-electron chi connectivity index (χ0n) is 18.7. The summed E-state index contributed by atoms with van der Waals surface area (Å²) in [6, 6.07) is 22.4. The zero-order chi connectivity index (χ0) is 23.2. The number of amides is 2. The Labute approximate surface area is 192 Å². The van der Waals surface area contributed by atoms with Crippen molar-refractivity contribution in [3.05, 3.63) is 89.7 Å². The molecule has 7 nitrogen and oxygen atoms in total. The summed E-state index contributed by atoms with van der Waals surface area (Å²) in [6.07, 6.45) is 0.499. The number of imidazole rings is 1. The van der Waals surface area contributed by atoms with E-state index in [9.17, 15) is 9.59 Å². The largest absolute Gasteiger partial charge is 0.497 e. The summed E-state index contributed by atoms with van der Waals surface area (Å²) in [4.78, 5) is 30.0. The second kappa shape index (κ2) is 9.99. The van der Waals surface area contributed by atoms with E-state index in [1.807, 2.05) is 78.2 Å². The number of methoxy groups -OCH3 is 1. The third kappa shape index (κ3) is 5.20. The van der Waals surface area contributed by atoms with Gasteiger partial charge in [-0.15, -0.1) is 0 Å². The molecule has 0 bridgehead atoms. The molecule has 33 heavy (non-hydrogen) atoms. The van der Waals surface area contributed by atoms with Gasteiger partial charge in [-0.3, -0.25) is 9.59 Å². The van der Waals surface area contributed by atoms with E-state index in [1.54, 1.807) is 13.2 Å². The molecule has 0 unspecified atom stereocenters. The summed E-state index contributed by atoms with van der Waals surface area (Å²) < 4.78 is 7.11. The van der Waals surface area contributed by atoms with Crippen LogP contribution in [0.2, 0.25) is 0 Å². The number of aryl methyl sites for hydroxylation is 1. The van der Waals surface area contributed by atoms with Gasteiger partial charge in [0, 0.05) is 30.3 Å². The Kier molecular flexibility index (Phi) is 6.69. The first-order valence-corrected chi connectivity index (χ1v) is 10.8. The van der Waals surface area contributed by atoms with E-state index < -0.39 is 0 Å². The molecular weight excluding hydrogens is 416 g/mol. The van der Waals surface area contributed by atoms with Crippen LogP contribution in [0.25, 0.3) is 11.0 Å². The van der Waals surface area contributed by atoms with Gasteiger partial charge in [0.1, 0.15) is 18.1 Å². The summed E-state index contributed by atoms with van der Waals surface area (Å²) in [6.45, 7) is 2.43. The van der Waals surface area contributed by atoms with Crippen molar-refractivity contribution in [2.45, 2.75) is 19.9 Å². The molecule has 0 spiro atoms. The molecule has 0 atom stereocenters. The highest BCUT2D eigenvalue weighted by Gasteiger charge is 2.15. The summed E-state index contributed by atoms with van der Waals surface area (Å²) in [5, 5.41) is 5.87. The summed E-state index contributed by atoms with van der Waals surface area (Å²) in [5.41, 5.74) is 3.93. The minimum Gasteiger partial charge on any atom is -0.497 e. The predicted octanol–water partition coefficient (Wildman–Crippen LogP) is 3.96. The van der Waals surface area contributed by atoms with Crippen LogP contribution in [0.15, 0.2) is 72.8 Å². The average molecular weight is 443 g/mol. The maximum atomic E-state index is 12.8. The van der Waals surface area contributed by atoms with Crippen LogP contribution >= 0.6 is 0 Å². The van der Waals surface area contributed by atoms with Crippen molar-refractivity contribution in [3.63, 3.8) is 0 Å². The van der Waals surface area contributed by atoms with Gasteiger partial charge in [0.05, 0.1) is 18.1 Å². The second-order valence-electron chi connectivity index (χ2n) is 7.70. The van der Waals surface area contributed by atoms with Crippen molar-refractivity contribution in [1.29, 1.82) is 0 Å². The molecule has 3 aromatic carbocycles. The minimum atomic E-state index is -0.170. The number of hydrogen-bond acceptors (Lipinski definition) is 4. The molecule has 0 aliphatic carbocycles. The molecule has 1 aromatic heterocycles. The third-order valence-corrected chi connectivity index (χ3v) is 5.41. The lowest BCUT2D eigenvalue weighted by molar-refractivity contribution is -0.116. The standard InChI is InChI=1S/C26H26N4O3/c1-18-8-3-4-11-21(18)26(32)27-15-14-24-29-22-12-5-6-13-23(22)30(24)17-25(31)28-19-9-7-10-20(16-19)33-2/h3-13,16H,14-15,17H2,1-2H3,(H,27,32)(H,28,31). The number of rotatable bonds is 8. The molecule has 0 aliphatic heterocycles. The van der Waals surface area contributed by atoms with Crippen molar-refractivity contribution < 1.29 is 14.3 Å². The van der Waals surface area contributed by atoms with E-state index >= 15 is 0 Å². The van der Waals surface area contributed by atoms with Gasteiger partial charge in [0.25, 0.3) is 5.91 Å². The number of fused-ring (bicyclic) bond motifs is 1. The van der Waals surface area contributed by atoms with E-state index in [0.29, 0.717) is 30.0 Å². The van der Waals surface area contributed by atoms with Crippen LogP contribution < -0.4 is 15.4 Å². The van der Waals surface area contributed by atoms with Gasteiger partial charge in [-0.1, -0.05) is 36.4 Å². The van der Waals surface area contributed by atoms with Gasteiger partial charge >= 0.3 is 0 Å². The number of benzene rings is 3. The summed E-state index contributed by atoms with van der Waals surface area (Å²) in [7, 11) is 1.59. The maximum absolute atomic E-state index is 12.8. The van der Waals surface area contributed by atoms with E-state index in [-0.39, 0.29) is 18.4 Å². The lowest BCUT2D eigenvalue weighted by Gasteiger charge is -2.12. The van der Waals surface area contributed by atoms with Crippen LogP contribution in [0.1, 0.15) is 21.7 Å². The van der Waals surface area contributed by atoms with Crippen LogP contribution in [0, 0.1) is 6.92 Å². The number of carbonyl (C=O) groups excluding carboxylic acids is 2. The molecule has 7 heteroatoms. The maximum Gasteiger partial charge on any atom is 0.251 e. The highest BCUT2D eigenvalue weighted by Crippen LogP contribution is 2.19. The first kappa shape index (κ1) is 22.1. The van der Waals surface area contributed by atoms with E-state index in [0.717, 1.165) is 22.4 Å². The lowest BCUT2D eigenvalue weighted by Crippen LogP contribution is -2.27. The molecule has 2 amide bonds. The number of nitrogens with one attached hydrogen (secondary N) is 2. The van der Waals surface area contributed by atoms with Gasteiger partial charge in [-0.05, 0) is 42.8 Å². The van der Waals surface area contributed by atoms with Crippen LogP contribution in [-0.4, -0.2) is 35.0 Å². The van der Waals surface area contributed by atoms with Gasteiger partial charge in [-0.25, -0.2) is 4.98 Å². The Morgan fingerprint density at radius 2 is 1.79 bits per heavy atom. The Bertz CT molecular complexity index is 1300. The van der Waals surface area contributed by atoms with Crippen LogP contribution in [0.5, 0.6) is 5.75 Å². The molecular formula is C26H26N4O3. The van der Waals surface area contributed by atoms with Crippen molar-refractivity contribution in [1.82, 2.24) is 14.9 Å². The van der Waals surface area contributed by atoms with Crippen molar-refractivity contribution in [2.24, 2.45) is 0 Å². The minimum absolute atomic E-state index is 0.110. The highest BCUT2D eigenvalue weighted by atomic mass is 16.5. The molecule has 1 heterocycles. The van der Waals surface area contributed by atoms with Crippen LogP contribution in [0.3, 0.4) is 0 Å². The number of carbonyl (C=O) groups is 2. The first-order valence-electron chi connectivity index (χ1n) is 10.8. The SMILES string of the molecule is COc1cccc(NC(=O)Cn2c(CCNC(=O)c3ccccc3C)nc3ccccc32)c1. The smallest absolute Gasteiger partial charge is 0.251 e. The third-order valence-electron chi connectivity index (χ3n) is 5.41. The summed E-state index contributed by atoms with van der Waals surface area (Å²) in [5.74, 6) is 1.12. The fraction of sp³-hybridized carbons (Fsp3) is 0.192. The van der Waals surface area contributed by atoms with Crippen LogP contribution in [0.4, 0.5) is 5.69 Å². The zero-order valence-corrected chi connectivity index (χ0v) is 18.7. The Hall–Kier alpha value is -4.13. The van der Waals surface area contributed by atoms with Gasteiger partial charge in [-0.2, -0.15) is 0 Å². The number of ether oxygens (including phenoxy) is 1. The number of aromatic nitrogens is 2. The predicted molar refractivity (Wildman–Crippen MR) is 129 cm³/mol. The number of hydrogen-bond donors (Lipinski definition) is 2. The normalized spacial score (nSPS) is 10.7.